The second kappa shape index (κ2) is 7.71. The molecule has 1 aliphatic heterocycles. The molecule has 1 fully saturated rings. The smallest absolute Gasteiger partial charge is 0.231 e. The van der Waals surface area contributed by atoms with Gasteiger partial charge in [-0.25, -0.2) is 4.99 Å². The lowest BCUT2D eigenvalue weighted by Crippen LogP contribution is -2.52. The van der Waals surface area contributed by atoms with Crippen LogP contribution in [0.4, 0.5) is 0 Å². The highest BCUT2D eigenvalue weighted by atomic mass is 16.2. The van der Waals surface area contributed by atoms with Crippen LogP contribution in [0.25, 0.3) is 0 Å². The van der Waals surface area contributed by atoms with E-state index < -0.39 is 0 Å². The van der Waals surface area contributed by atoms with Crippen LogP contribution in [0.1, 0.15) is 58.1 Å². The molecule has 3 atom stereocenters. The number of nitrogens with zero attached hydrogens (tertiary/aromatic N) is 2. The molecule has 2 aliphatic rings. The molecule has 0 bridgehead atoms. The Labute approximate surface area is 161 Å². The van der Waals surface area contributed by atoms with Gasteiger partial charge in [0.1, 0.15) is 0 Å². The van der Waals surface area contributed by atoms with Gasteiger partial charge in [0.25, 0.3) is 0 Å². The average molecular weight is 370 g/mol. The van der Waals surface area contributed by atoms with Gasteiger partial charge in [0, 0.05) is 12.5 Å². The molecule has 0 radical (unpaired) electrons. The van der Waals surface area contributed by atoms with Crippen LogP contribution in [0.2, 0.25) is 0 Å². The maximum absolute atomic E-state index is 12.6. The average Bonchev–Trinajstić information content (AvgIpc) is 3.44. The molecule has 0 aromatic heterocycles. The fourth-order valence-corrected chi connectivity index (χ4v) is 3.85. The van der Waals surface area contributed by atoms with E-state index in [2.05, 4.69) is 10.3 Å². The molecule has 0 unspecified atom stereocenters. The van der Waals surface area contributed by atoms with Crippen molar-refractivity contribution in [1.82, 2.24) is 10.2 Å². The van der Waals surface area contributed by atoms with Crippen molar-refractivity contribution in [3.8, 4) is 0 Å². The molecule has 0 saturated heterocycles. The third-order valence-electron chi connectivity index (χ3n) is 6.06. The minimum absolute atomic E-state index is 0.0231. The number of nitrogens with two attached hydrogens (primary N) is 1. The summed E-state index contributed by atoms with van der Waals surface area (Å²) in [5.74, 6) is 0.476. The summed E-state index contributed by atoms with van der Waals surface area (Å²) in [7, 11) is 0. The Kier molecular flexibility index (Phi) is 5.53. The first kappa shape index (κ1) is 19.4. The lowest BCUT2D eigenvalue weighted by Gasteiger charge is -2.36. The first-order valence-electron chi connectivity index (χ1n) is 9.90. The molecule has 0 spiro atoms. The maximum atomic E-state index is 12.6. The lowest BCUT2D eigenvalue weighted by atomic mass is 9.88. The molecule has 1 heterocycles. The molecule has 3 N–H and O–H groups in total. The van der Waals surface area contributed by atoms with Crippen molar-refractivity contribution < 1.29 is 9.59 Å². The first-order valence-corrected chi connectivity index (χ1v) is 9.90. The number of guanidine groups is 1. The summed E-state index contributed by atoms with van der Waals surface area (Å²) in [6.07, 6.45) is 2.79. The van der Waals surface area contributed by atoms with Gasteiger partial charge in [-0.2, -0.15) is 0 Å². The van der Waals surface area contributed by atoms with E-state index >= 15 is 0 Å². The van der Waals surface area contributed by atoms with Crippen molar-refractivity contribution in [1.29, 1.82) is 0 Å². The first-order chi connectivity index (χ1) is 12.9. The number of hydrogen-bond acceptors (Lipinski definition) is 4. The second-order valence-corrected chi connectivity index (χ2v) is 7.83. The third kappa shape index (κ3) is 4.15. The minimum Gasteiger partial charge on any atom is -0.369 e. The van der Waals surface area contributed by atoms with Crippen LogP contribution in [0.3, 0.4) is 0 Å². The molecule has 1 aromatic carbocycles. The van der Waals surface area contributed by atoms with Crippen molar-refractivity contribution >= 4 is 17.8 Å². The fourth-order valence-electron chi connectivity index (χ4n) is 3.85. The molecule has 1 aromatic rings. The highest BCUT2D eigenvalue weighted by Crippen LogP contribution is 2.40. The van der Waals surface area contributed by atoms with Gasteiger partial charge in [-0.1, -0.05) is 44.2 Å². The lowest BCUT2D eigenvalue weighted by molar-refractivity contribution is -0.130. The highest BCUT2D eigenvalue weighted by Gasteiger charge is 2.46. The van der Waals surface area contributed by atoms with E-state index in [4.69, 9.17) is 5.73 Å². The Morgan fingerprint density at radius 2 is 2.00 bits per heavy atom. The van der Waals surface area contributed by atoms with Crippen LogP contribution in [0.5, 0.6) is 0 Å². The molecule has 6 heteroatoms. The topological polar surface area (TPSA) is 87.8 Å². The zero-order valence-corrected chi connectivity index (χ0v) is 16.4. The van der Waals surface area contributed by atoms with E-state index in [0.717, 1.165) is 24.8 Å². The van der Waals surface area contributed by atoms with Gasteiger partial charge < -0.3 is 11.1 Å². The van der Waals surface area contributed by atoms with Crippen molar-refractivity contribution in [2.24, 2.45) is 22.6 Å². The maximum Gasteiger partial charge on any atom is 0.231 e. The molecule has 3 rings (SSSR count). The van der Waals surface area contributed by atoms with Gasteiger partial charge in [0.05, 0.1) is 18.0 Å². The summed E-state index contributed by atoms with van der Waals surface area (Å²) in [4.78, 5) is 31.3. The summed E-state index contributed by atoms with van der Waals surface area (Å²) in [6.45, 7) is 6.55. The van der Waals surface area contributed by atoms with E-state index in [9.17, 15) is 9.59 Å². The molecular weight excluding hydrogens is 340 g/mol. The van der Waals surface area contributed by atoms with E-state index in [1.807, 2.05) is 51.1 Å². The second-order valence-electron chi connectivity index (χ2n) is 7.83. The quantitative estimate of drug-likeness (QED) is 0.773. The number of carbonyl (C=O) groups excluding carboxylic acids is 2. The van der Waals surface area contributed by atoms with Crippen LogP contribution in [-0.2, 0) is 9.59 Å². The van der Waals surface area contributed by atoms with Crippen molar-refractivity contribution in [3.05, 3.63) is 35.9 Å². The number of aliphatic imine (C=N–C) groups is 1. The normalized spacial score (nSPS) is 24.9. The summed E-state index contributed by atoms with van der Waals surface area (Å²) in [5, 5.41) is 3.08. The fraction of sp³-hybridized carbons (Fsp3) is 0.571. The van der Waals surface area contributed by atoms with Crippen molar-refractivity contribution in [3.63, 3.8) is 0 Å². The number of nitrogens with one attached hydrogen (secondary N) is 1. The molecule has 2 amide bonds. The monoisotopic (exact) mass is 370 g/mol. The van der Waals surface area contributed by atoms with Crippen molar-refractivity contribution in [2.75, 3.05) is 6.54 Å². The molecule has 27 heavy (non-hydrogen) atoms. The Bertz CT molecular complexity index is 727. The Hall–Kier alpha value is -2.37. The number of amides is 2. The standard InChI is InChI=1S/C21H30N4O2/c1-4-21(5-2)12-18(26)25(20(22)24-21)13-16-11-17(16)19(27)23-14(3)15-9-7-6-8-10-15/h6-10,14,16-17H,4-5,11-13H2,1-3H3,(H2,22,24)(H,23,27)/t14-,16-,17+/m1/s1. The third-order valence-corrected chi connectivity index (χ3v) is 6.06. The van der Waals surface area contributed by atoms with Gasteiger partial charge in [0.15, 0.2) is 5.96 Å². The Morgan fingerprint density at radius 3 is 2.59 bits per heavy atom. The van der Waals surface area contributed by atoms with Crippen LogP contribution in [0.15, 0.2) is 35.3 Å². The van der Waals surface area contributed by atoms with Gasteiger partial charge in [-0.05, 0) is 37.7 Å². The minimum atomic E-state index is -0.358. The zero-order valence-electron chi connectivity index (χ0n) is 16.4. The van der Waals surface area contributed by atoms with Gasteiger partial charge in [-0.15, -0.1) is 0 Å². The van der Waals surface area contributed by atoms with E-state index in [-0.39, 0.29) is 35.2 Å². The SMILES string of the molecule is CCC1(CC)CC(=O)N(C[C@H]2C[C@@H]2C(=O)N[C@H](C)c2ccccc2)C(N)=N1. The summed E-state index contributed by atoms with van der Waals surface area (Å²) in [5.41, 5.74) is 6.83. The highest BCUT2D eigenvalue weighted by molar-refractivity contribution is 5.99. The largest absolute Gasteiger partial charge is 0.369 e. The van der Waals surface area contributed by atoms with Gasteiger partial charge in [-0.3, -0.25) is 14.5 Å². The Morgan fingerprint density at radius 1 is 1.33 bits per heavy atom. The van der Waals surface area contributed by atoms with E-state index in [0.29, 0.717) is 18.9 Å². The number of benzene rings is 1. The summed E-state index contributed by atoms with van der Waals surface area (Å²) >= 11 is 0. The summed E-state index contributed by atoms with van der Waals surface area (Å²) in [6, 6.07) is 9.88. The molecular formula is C21H30N4O2. The molecule has 1 saturated carbocycles. The van der Waals surface area contributed by atoms with Crippen LogP contribution in [-0.4, -0.2) is 34.8 Å². The molecule has 6 nitrogen and oxygen atoms in total. The predicted molar refractivity (Wildman–Crippen MR) is 106 cm³/mol. The molecule has 1 aliphatic carbocycles. The Balaban J connectivity index is 1.56. The van der Waals surface area contributed by atoms with Gasteiger partial charge >= 0.3 is 0 Å². The van der Waals surface area contributed by atoms with E-state index in [1.165, 1.54) is 0 Å². The predicted octanol–water partition coefficient (Wildman–Crippen LogP) is 2.61. The summed E-state index contributed by atoms with van der Waals surface area (Å²) < 4.78 is 0. The number of hydrogen-bond donors (Lipinski definition) is 2. The number of carbonyl (C=O) groups is 2. The van der Waals surface area contributed by atoms with Gasteiger partial charge in [0.2, 0.25) is 11.8 Å². The van der Waals surface area contributed by atoms with Crippen LogP contribution >= 0.6 is 0 Å². The van der Waals surface area contributed by atoms with Crippen molar-refractivity contribution in [2.45, 2.75) is 58.0 Å². The number of rotatable bonds is 7. The van der Waals surface area contributed by atoms with E-state index in [1.54, 1.807) is 4.90 Å². The van der Waals surface area contributed by atoms with Crippen LogP contribution < -0.4 is 11.1 Å². The zero-order chi connectivity index (χ0) is 19.6. The molecule has 146 valence electrons. The van der Waals surface area contributed by atoms with Crippen LogP contribution in [0, 0.1) is 11.8 Å².